The highest BCUT2D eigenvalue weighted by molar-refractivity contribution is 5.78. The molecule has 1 saturated heterocycles. The highest BCUT2D eigenvalue weighted by atomic mass is 19.1. The first-order valence-corrected chi connectivity index (χ1v) is 8.07. The lowest BCUT2D eigenvalue weighted by Crippen LogP contribution is -2.40. The summed E-state index contributed by atoms with van der Waals surface area (Å²) in [4.78, 5) is 16.0. The number of benzene rings is 1. The summed E-state index contributed by atoms with van der Waals surface area (Å²) < 4.78 is 19.6. The Morgan fingerprint density at radius 2 is 2.33 bits per heavy atom. The van der Waals surface area contributed by atoms with Crippen molar-refractivity contribution in [1.82, 2.24) is 15.6 Å². The number of amides is 1. The van der Waals surface area contributed by atoms with E-state index in [1.807, 2.05) is 0 Å². The third kappa shape index (κ3) is 4.29. The lowest BCUT2D eigenvalue weighted by molar-refractivity contribution is -0.125. The molecule has 0 spiro atoms. The van der Waals surface area contributed by atoms with Gasteiger partial charge in [0.2, 0.25) is 5.91 Å². The van der Waals surface area contributed by atoms with E-state index in [2.05, 4.69) is 15.6 Å². The normalized spacial score (nSPS) is 17.3. The van der Waals surface area contributed by atoms with Gasteiger partial charge in [-0.1, -0.05) is 6.07 Å². The van der Waals surface area contributed by atoms with Crippen LogP contribution in [0.4, 0.5) is 4.39 Å². The number of rotatable bonds is 5. The molecule has 1 aromatic carbocycles. The topological polar surface area (TPSA) is 63.2 Å². The molecule has 5 nitrogen and oxygen atoms in total. The average molecular weight is 329 g/mol. The van der Waals surface area contributed by atoms with Gasteiger partial charge in [-0.05, 0) is 49.2 Å². The lowest BCUT2D eigenvalue weighted by atomic mass is 9.99. The minimum absolute atomic E-state index is 0.00298. The minimum atomic E-state index is -0.468. The van der Waals surface area contributed by atoms with E-state index in [4.69, 9.17) is 4.74 Å². The smallest absolute Gasteiger partial charge is 0.224 e. The number of hydrogen-bond donors (Lipinski definition) is 2. The van der Waals surface area contributed by atoms with Crippen LogP contribution in [0.3, 0.4) is 0 Å². The SMILES string of the molecule is O=C(NCc1ccc(Oc2cccnc2)c(F)c1)C1CCCNC1. The van der Waals surface area contributed by atoms with E-state index in [0.29, 0.717) is 24.4 Å². The molecule has 1 aliphatic heterocycles. The van der Waals surface area contributed by atoms with Crippen LogP contribution in [-0.2, 0) is 11.3 Å². The highest BCUT2D eigenvalue weighted by Gasteiger charge is 2.20. The number of nitrogens with zero attached hydrogens (tertiary/aromatic N) is 1. The second-order valence-corrected chi connectivity index (χ2v) is 5.82. The van der Waals surface area contributed by atoms with Crippen molar-refractivity contribution in [2.45, 2.75) is 19.4 Å². The largest absolute Gasteiger partial charge is 0.453 e. The zero-order valence-corrected chi connectivity index (χ0v) is 13.3. The second kappa shape index (κ2) is 7.88. The van der Waals surface area contributed by atoms with E-state index in [1.165, 1.54) is 12.3 Å². The van der Waals surface area contributed by atoms with Crippen LogP contribution in [0.15, 0.2) is 42.7 Å². The molecule has 126 valence electrons. The zero-order valence-electron chi connectivity index (χ0n) is 13.3. The summed E-state index contributed by atoms with van der Waals surface area (Å²) in [6.45, 7) is 1.98. The molecule has 2 N–H and O–H groups in total. The van der Waals surface area contributed by atoms with Crippen LogP contribution >= 0.6 is 0 Å². The molecule has 1 atom stereocenters. The Morgan fingerprint density at radius 1 is 1.42 bits per heavy atom. The molecule has 1 unspecified atom stereocenters. The van der Waals surface area contributed by atoms with E-state index in [-0.39, 0.29) is 17.6 Å². The molecule has 3 rings (SSSR count). The summed E-state index contributed by atoms with van der Waals surface area (Å²) in [5.74, 6) is 0.150. The van der Waals surface area contributed by atoms with Crippen LogP contribution < -0.4 is 15.4 Å². The molecule has 1 aromatic heterocycles. The third-order valence-corrected chi connectivity index (χ3v) is 3.99. The molecule has 1 aliphatic rings. The molecule has 1 fully saturated rings. The maximum Gasteiger partial charge on any atom is 0.224 e. The Hall–Kier alpha value is -2.47. The van der Waals surface area contributed by atoms with Crippen LogP contribution in [-0.4, -0.2) is 24.0 Å². The number of carbonyl (C=O) groups is 1. The summed E-state index contributed by atoms with van der Waals surface area (Å²) in [7, 11) is 0. The number of hydrogen-bond acceptors (Lipinski definition) is 4. The zero-order chi connectivity index (χ0) is 16.8. The average Bonchev–Trinajstić information content (AvgIpc) is 2.63. The summed E-state index contributed by atoms with van der Waals surface area (Å²) >= 11 is 0. The van der Waals surface area contributed by atoms with Gasteiger partial charge in [-0.3, -0.25) is 9.78 Å². The summed E-state index contributed by atoms with van der Waals surface area (Å²) in [6, 6.07) is 8.11. The fourth-order valence-electron chi connectivity index (χ4n) is 2.68. The van der Waals surface area contributed by atoms with E-state index >= 15 is 0 Å². The third-order valence-electron chi connectivity index (χ3n) is 3.99. The van der Waals surface area contributed by atoms with Gasteiger partial charge in [0.15, 0.2) is 11.6 Å². The number of halogens is 1. The molecule has 6 heteroatoms. The number of carbonyl (C=O) groups excluding carboxylic acids is 1. The van der Waals surface area contributed by atoms with E-state index in [1.54, 1.807) is 30.5 Å². The van der Waals surface area contributed by atoms with Crippen LogP contribution in [0, 0.1) is 11.7 Å². The van der Waals surface area contributed by atoms with Crippen molar-refractivity contribution in [2.24, 2.45) is 5.92 Å². The van der Waals surface area contributed by atoms with Crippen LogP contribution in [0.1, 0.15) is 18.4 Å². The maximum atomic E-state index is 14.1. The Labute approximate surface area is 140 Å². The van der Waals surface area contributed by atoms with Crippen molar-refractivity contribution in [3.8, 4) is 11.5 Å². The Kier molecular flexibility index (Phi) is 5.38. The number of ether oxygens (including phenoxy) is 1. The summed E-state index contributed by atoms with van der Waals surface area (Å²) in [5, 5.41) is 6.08. The van der Waals surface area contributed by atoms with Gasteiger partial charge in [-0.2, -0.15) is 0 Å². The van der Waals surface area contributed by atoms with Gasteiger partial charge >= 0.3 is 0 Å². The van der Waals surface area contributed by atoms with E-state index < -0.39 is 5.82 Å². The molecule has 2 heterocycles. The predicted molar refractivity (Wildman–Crippen MR) is 88.2 cm³/mol. The van der Waals surface area contributed by atoms with Crippen molar-refractivity contribution < 1.29 is 13.9 Å². The van der Waals surface area contributed by atoms with Crippen molar-refractivity contribution >= 4 is 5.91 Å². The van der Waals surface area contributed by atoms with Gasteiger partial charge < -0.3 is 15.4 Å². The van der Waals surface area contributed by atoms with Crippen LogP contribution in [0.5, 0.6) is 11.5 Å². The molecule has 0 saturated carbocycles. The quantitative estimate of drug-likeness (QED) is 0.885. The van der Waals surface area contributed by atoms with Gasteiger partial charge in [-0.25, -0.2) is 4.39 Å². The standard InChI is InChI=1S/C18H20FN3O2/c19-16-9-13(10-22-18(23)14-3-1-7-20-11-14)5-6-17(16)24-15-4-2-8-21-12-15/h2,4-6,8-9,12,14,20H,1,3,7,10-11H2,(H,22,23). The number of pyridine rings is 1. The Bertz CT molecular complexity index is 688. The lowest BCUT2D eigenvalue weighted by Gasteiger charge is -2.21. The van der Waals surface area contributed by atoms with E-state index in [9.17, 15) is 9.18 Å². The van der Waals surface area contributed by atoms with Crippen LogP contribution in [0.25, 0.3) is 0 Å². The molecule has 0 bridgehead atoms. The molecular formula is C18H20FN3O2. The summed E-state index contributed by atoms with van der Waals surface area (Å²) in [5.41, 5.74) is 0.697. The highest BCUT2D eigenvalue weighted by Crippen LogP contribution is 2.24. The maximum absolute atomic E-state index is 14.1. The van der Waals surface area contributed by atoms with Gasteiger partial charge in [0.25, 0.3) is 0 Å². The predicted octanol–water partition coefficient (Wildman–Crippen LogP) is 2.63. The van der Waals surface area contributed by atoms with Gasteiger partial charge in [0, 0.05) is 19.3 Å². The fraction of sp³-hybridized carbons (Fsp3) is 0.333. The molecule has 2 aromatic rings. The van der Waals surface area contributed by atoms with Gasteiger partial charge in [-0.15, -0.1) is 0 Å². The number of aromatic nitrogens is 1. The molecule has 0 aliphatic carbocycles. The summed E-state index contributed by atoms with van der Waals surface area (Å²) in [6.07, 6.45) is 5.04. The number of piperidine rings is 1. The molecule has 1 amide bonds. The molecule has 24 heavy (non-hydrogen) atoms. The van der Waals surface area contributed by atoms with E-state index in [0.717, 1.165) is 19.4 Å². The van der Waals surface area contributed by atoms with Gasteiger partial charge in [0.1, 0.15) is 5.75 Å². The Morgan fingerprint density at radius 3 is 3.04 bits per heavy atom. The minimum Gasteiger partial charge on any atom is -0.453 e. The first-order chi connectivity index (χ1) is 11.7. The fourth-order valence-corrected chi connectivity index (χ4v) is 2.68. The van der Waals surface area contributed by atoms with Crippen molar-refractivity contribution in [3.63, 3.8) is 0 Å². The van der Waals surface area contributed by atoms with Crippen molar-refractivity contribution in [3.05, 3.63) is 54.1 Å². The van der Waals surface area contributed by atoms with Crippen molar-refractivity contribution in [1.29, 1.82) is 0 Å². The first-order valence-electron chi connectivity index (χ1n) is 8.07. The Balaban J connectivity index is 1.57. The first kappa shape index (κ1) is 16.4. The van der Waals surface area contributed by atoms with Gasteiger partial charge in [0.05, 0.1) is 12.1 Å². The number of nitrogens with one attached hydrogen (secondary N) is 2. The monoisotopic (exact) mass is 329 g/mol. The molecule has 0 radical (unpaired) electrons. The second-order valence-electron chi connectivity index (χ2n) is 5.82. The molecular weight excluding hydrogens is 309 g/mol. The van der Waals surface area contributed by atoms with Crippen molar-refractivity contribution in [2.75, 3.05) is 13.1 Å². The van der Waals surface area contributed by atoms with Crippen LogP contribution in [0.2, 0.25) is 0 Å².